The van der Waals surface area contributed by atoms with E-state index in [9.17, 15) is 9.59 Å². The van der Waals surface area contributed by atoms with E-state index in [1.54, 1.807) is 6.20 Å². The number of nitrogens with one attached hydrogen (secondary N) is 2. The molecule has 2 aliphatic heterocycles. The number of rotatable bonds is 4. The van der Waals surface area contributed by atoms with Crippen molar-refractivity contribution in [1.82, 2.24) is 15.2 Å². The van der Waals surface area contributed by atoms with E-state index in [1.807, 2.05) is 36.4 Å². The van der Waals surface area contributed by atoms with Gasteiger partial charge in [-0.1, -0.05) is 42.5 Å². The van der Waals surface area contributed by atoms with Crippen LogP contribution >= 0.6 is 0 Å². The van der Waals surface area contributed by atoms with Crippen molar-refractivity contribution < 1.29 is 9.59 Å². The Labute approximate surface area is 199 Å². The Balaban J connectivity index is 1.10. The van der Waals surface area contributed by atoms with Crippen molar-refractivity contribution in [3.63, 3.8) is 0 Å². The maximum atomic E-state index is 13.0. The summed E-state index contributed by atoms with van der Waals surface area (Å²) in [6.45, 7) is 2.92. The van der Waals surface area contributed by atoms with Crippen LogP contribution in [0.5, 0.6) is 0 Å². The topological polar surface area (TPSA) is 74.3 Å². The van der Waals surface area contributed by atoms with Gasteiger partial charge in [-0.2, -0.15) is 0 Å². The van der Waals surface area contributed by atoms with E-state index >= 15 is 0 Å². The third-order valence-electron chi connectivity index (χ3n) is 7.61. The molecule has 6 rings (SSSR count). The minimum absolute atomic E-state index is 0.00524. The average molecular weight is 453 g/mol. The number of likely N-dealkylation sites (tertiary alicyclic amines) is 1. The third-order valence-corrected chi connectivity index (χ3v) is 7.61. The fourth-order valence-electron chi connectivity index (χ4n) is 5.75. The monoisotopic (exact) mass is 452 g/mol. The standard InChI is InChI=1S/C28H28N4O2/c33-26(30-23-10-13-32(14-11-23)18-19-5-2-1-3-6-19)20-8-9-21-16-28(17-22(21)15-20)24-7-4-12-29-25(24)31-27(28)34/h1-9,12,15,23H,10-11,13-14,16-18H2,(H,30,33)(H,29,31,34). The molecule has 3 heterocycles. The molecule has 1 fully saturated rings. The lowest BCUT2D eigenvalue weighted by Gasteiger charge is -2.32. The number of hydrogen-bond acceptors (Lipinski definition) is 4. The van der Waals surface area contributed by atoms with Crippen LogP contribution in [-0.4, -0.2) is 40.8 Å². The molecule has 1 saturated heterocycles. The minimum atomic E-state index is -0.605. The zero-order valence-electron chi connectivity index (χ0n) is 19.1. The Morgan fingerprint density at radius 3 is 2.65 bits per heavy atom. The number of aromatic nitrogens is 1. The molecule has 3 aliphatic rings. The van der Waals surface area contributed by atoms with Gasteiger partial charge in [0.05, 0.1) is 5.41 Å². The van der Waals surface area contributed by atoms with Gasteiger partial charge in [0.25, 0.3) is 5.91 Å². The van der Waals surface area contributed by atoms with Gasteiger partial charge in [0, 0.05) is 43.0 Å². The minimum Gasteiger partial charge on any atom is -0.349 e. The predicted molar refractivity (Wildman–Crippen MR) is 131 cm³/mol. The molecule has 0 bridgehead atoms. The van der Waals surface area contributed by atoms with Crippen molar-refractivity contribution in [2.24, 2.45) is 0 Å². The van der Waals surface area contributed by atoms with Gasteiger partial charge in [-0.3, -0.25) is 14.5 Å². The molecular weight excluding hydrogens is 424 g/mol. The highest BCUT2D eigenvalue weighted by molar-refractivity contribution is 6.06. The number of amides is 2. The van der Waals surface area contributed by atoms with Crippen molar-refractivity contribution in [3.8, 4) is 0 Å². The Morgan fingerprint density at radius 2 is 1.82 bits per heavy atom. The molecule has 2 N–H and O–H groups in total. The Morgan fingerprint density at radius 1 is 1.03 bits per heavy atom. The van der Waals surface area contributed by atoms with Crippen LogP contribution in [0.1, 0.15) is 45.5 Å². The number of carbonyl (C=O) groups is 2. The molecular formula is C28H28N4O2. The predicted octanol–water partition coefficient (Wildman–Crippen LogP) is 3.46. The van der Waals surface area contributed by atoms with Crippen LogP contribution in [0.4, 0.5) is 5.82 Å². The summed E-state index contributed by atoms with van der Waals surface area (Å²) in [5.41, 5.74) is 4.58. The molecule has 1 aliphatic carbocycles. The molecule has 1 unspecified atom stereocenters. The van der Waals surface area contributed by atoms with Crippen molar-refractivity contribution >= 4 is 17.6 Å². The van der Waals surface area contributed by atoms with Crippen molar-refractivity contribution in [2.75, 3.05) is 18.4 Å². The smallest absolute Gasteiger partial charge is 0.251 e. The first-order chi connectivity index (χ1) is 16.6. The van der Waals surface area contributed by atoms with E-state index in [0.29, 0.717) is 24.2 Å². The van der Waals surface area contributed by atoms with E-state index in [-0.39, 0.29) is 17.9 Å². The fourth-order valence-corrected chi connectivity index (χ4v) is 5.75. The molecule has 2 aromatic carbocycles. The number of pyridine rings is 1. The summed E-state index contributed by atoms with van der Waals surface area (Å²) >= 11 is 0. The first-order valence-electron chi connectivity index (χ1n) is 12.1. The van der Waals surface area contributed by atoms with Crippen molar-refractivity contribution in [2.45, 2.75) is 43.7 Å². The molecule has 172 valence electrons. The fraction of sp³-hybridized carbons (Fsp3) is 0.321. The maximum absolute atomic E-state index is 13.0. The summed E-state index contributed by atoms with van der Waals surface area (Å²) in [5, 5.41) is 6.18. The first kappa shape index (κ1) is 21.1. The van der Waals surface area contributed by atoms with E-state index in [4.69, 9.17) is 0 Å². The molecule has 1 spiro atoms. The molecule has 6 heteroatoms. The summed E-state index contributed by atoms with van der Waals surface area (Å²) < 4.78 is 0. The number of hydrogen-bond donors (Lipinski definition) is 2. The highest BCUT2D eigenvalue weighted by Crippen LogP contribution is 2.46. The van der Waals surface area contributed by atoms with Gasteiger partial charge in [-0.25, -0.2) is 4.98 Å². The van der Waals surface area contributed by atoms with Gasteiger partial charge < -0.3 is 10.6 Å². The highest BCUT2D eigenvalue weighted by atomic mass is 16.2. The van der Waals surface area contributed by atoms with E-state index in [1.165, 1.54) is 5.56 Å². The van der Waals surface area contributed by atoms with Gasteiger partial charge in [0.2, 0.25) is 5.91 Å². The van der Waals surface area contributed by atoms with E-state index in [0.717, 1.165) is 49.2 Å². The lowest BCUT2D eigenvalue weighted by molar-refractivity contribution is -0.120. The summed E-state index contributed by atoms with van der Waals surface area (Å²) in [5.74, 6) is 0.644. The van der Waals surface area contributed by atoms with Gasteiger partial charge in [-0.15, -0.1) is 0 Å². The van der Waals surface area contributed by atoms with Crippen LogP contribution in [0.2, 0.25) is 0 Å². The van der Waals surface area contributed by atoms with Gasteiger partial charge in [0.1, 0.15) is 5.82 Å². The number of benzene rings is 2. The molecule has 1 atom stereocenters. The number of piperidine rings is 1. The van der Waals surface area contributed by atoms with Gasteiger partial charge in [0.15, 0.2) is 0 Å². The number of nitrogens with zero attached hydrogens (tertiary/aromatic N) is 2. The van der Waals surface area contributed by atoms with E-state index in [2.05, 4.69) is 44.8 Å². The third kappa shape index (κ3) is 3.68. The van der Waals surface area contributed by atoms with Crippen LogP contribution in [-0.2, 0) is 29.6 Å². The van der Waals surface area contributed by atoms with Crippen molar-refractivity contribution in [1.29, 1.82) is 0 Å². The molecule has 1 aromatic heterocycles. The SMILES string of the molecule is O=C(NC1CCN(Cc2ccccc2)CC1)c1ccc2c(c1)CC1(C2)C(=O)Nc2ncccc21. The Hall–Kier alpha value is -3.51. The molecule has 6 nitrogen and oxygen atoms in total. The zero-order chi connectivity index (χ0) is 23.1. The van der Waals surface area contributed by atoms with Gasteiger partial charge in [-0.05, 0) is 60.6 Å². The average Bonchev–Trinajstić information content (AvgIpc) is 3.38. The van der Waals surface area contributed by atoms with Crippen LogP contribution in [0.25, 0.3) is 0 Å². The summed E-state index contributed by atoms with van der Waals surface area (Å²) in [6, 6.07) is 20.5. The second kappa shape index (κ2) is 8.37. The van der Waals surface area contributed by atoms with Crippen LogP contribution in [0, 0.1) is 0 Å². The maximum Gasteiger partial charge on any atom is 0.251 e. The lowest BCUT2D eigenvalue weighted by atomic mass is 9.79. The van der Waals surface area contributed by atoms with E-state index < -0.39 is 5.41 Å². The lowest BCUT2D eigenvalue weighted by Crippen LogP contribution is -2.44. The highest BCUT2D eigenvalue weighted by Gasteiger charge is 2.51. The summed E-state index contributed by atoms with van der Waals surface area (Å²) in [6.07, 6.45) is 4.86. The van der Waals surface area contributed by atoms with Crippen LogP contribution in [0.15, 0.2) is 66.9 Å². The Bertz CT molecular complexity index is 1250. The van der Waals surface area contributed by atoms with Gasteiger partial charge >= 0.3 is 0 Å². The number of carbonyl (C=O) groups excluding carboxylic acids is 2. The largest absolute Gasteiger partial charge is 0.349 e. The molecule has 0 saturated carbocycles. The number of anilines is 1. The zero-order valence-corrected chi connectivity index (χ0v) is 19.1. The molecule has 34 heavy (non-hydrogen) atoms. The second-order valence-corrected chi connectivity index (χ2v) is 9.78. The van der Waals surface area contributed by atoms with Crippen molar-refractivity contribution in [3.05, 3.63) is 94.7 Å². The summed E-state index contributed by atoms with van der Waals surface area (Å²) in [7, 11) is 0. The molecule has 2 amide bonds. The molecule has 0 radical (unpaired) electrons. The first-order valence-corrected chi connectivity index (χ1v) is 12.1. The second-order valence-electron chi connectivity index (χ2n) is 9.78. The number of fused-ring (bicyclic) bond motifs is 3. The van der Waals surface area contributed by atoms with Crippen LogP contribution in [0.3, 0.4) is 0 Å². The Kier molecular flexibility index (Phi) is 5.18. The normalized spacial score (nSPS) is 21.8. The van der Waals surface area contributed by atoms with Crippen LogP contribution < -0.4 is 10.6 Å². The summed E-state index contributed by atoms with van der Waals surface area (Å²) in [4.78, 5) is 32.7. The molecule has 3 aromatic rings. The quantitative estimate of drug-likeness (QED) is 0.636.